The van der Waals surface area contributed by atoms with E-state index in [1.807, 2.05) is 12.1 Å². The van der Waals surface area contributed by atoms with E-state index < -0.39 is 0 Å². The van der Waals surface area contributed by atoms with Crippen LogP contribution in [0.1, 0.15) is 5.56 Å². The van der Waals surface area contributed by atoms with Crippen molar-refractivity contribution in [3.8, 4) is 5.75 Å². The minimum atomic E-state index is 0.0120. The maximum absolute atomic E-state index is 11.7. The molecule has 92 valence electrons. The molecule has 0 spiro atoms. The molecule has 0 N–H and O–H groups in total. The Bertz CT molecular complexity index is 511. The number of halogens is 1. The molecule has 1 heterocycles. The number of Topliss-reactive ketones (excluding diaryl/α,β-unsaturated/α-hetero) is 1. The van der Waals surface area contributed by atoms with Gasteiger partial charge in [-0.25, -0.2) is 0 Å². The van der Waals surface area contributed by atoms with Gasteiger partial charge in [0.1, 0.15) is 12.4 Å². The third-order valence-electron chi connectivity index (χ3n) is 2.34. The van der Waals surface area contributed by atoms with E-state index in [1.165, 1.54) is 0 Å². The van der Waals surface area contributed by atoms with Crippen LogP contribution in [0.25, 0.3) is 0 Å². The molecule has 18 heavy (non-hydrogen) atoms. The highest BCUT2D eigenvalue weighted by molar-refractivity contribution is 6.30. The van der Waals surface area contributed by atoms with Crippen LogP contribution in [0, 0.1) is 0 Å². The number of ketones is 1. The Morgan fingerprint density at radius 1 is 1.22 bits per heavy atom. The molecular weight excluding hydrogens is 250 g/mol. The first-order valence-electron chi connectivity index (χ1n) is 5.53. The highest BCUT2D eigenvalue weighted by atomic mass is 35.5. The monoisotopic (exact) mass is 261 g/mol. The van der Waals surface area contributed by atoms with Crippen molar-refractivity contribution in [3.05, 3.63) is 59.4 Å². The Hall–Kier alpha value is -1.87. The molecule has 4 heteroatoms. The Kier molecular flexibility index (Phi) is 4.31. The van der Waals surface area contributed by atoms with Crippen molar-refractivity contribution >= 4 is 17.4 Å². The number of hydrogen-bond acceptors (Lipinski definition) is 3. The topological polar surface area (TPSA) is 39.2 Å². The predicted octanol–water partition coefficient (Wildman–Crippen LogP) is 2.93. The van der Waals surface area contributed by atoms with Gasteiger partial charge in [-0.1, -0.05) is 17.7 Å². The maximum atomic E-state index is 11.7. The van der Waals surface area contributed by atoms with Crippen LogP contribution in [0.5, 0.6) is 5.75 Å². The van der Waals surface area contributed by atoms with E-state index in [0.29, 0.717) is 17.2 Å². The van der Waals surface area contributed by atoms with Gasteiger partial charge in [-0.3, -0.25) is 9.78 Å². The van der Waals surface area contributed by atoms with Gasteiger partial charge in [-0.15, -0.1) is 0 Å². The van der Waals surface area contributed by atoms with Crippen molar-refractivity contribution in [3.63, 3.8) is 0 Å². The summed E-state index contributed by atoms with van der Waals surface area (Å²) in [6, 6.07) is 10.6. The van der Waals surface area contributed by atoms with Crippen LogP contribution in [-0.2, 0) is 11.2 Å². The first kappa shape index (κ1) is 12.6. The van der Waals surface area contributed by atoms with Crippen molar-refractivity contribution in [2.75, 3.05) is 6.61 Å². The molecule has 0 unspecified atom stereocenters. The summed E-state index contributed by atoms with van der Waals surface area (Å²) >= 11 is 5.75. The van der Waals surface area contributed by atoms with Crippen LogP contribution in [-0.4, -0.2) is 17.4 Å². The standard InChI is InChI=1S/C14H12ClNO2/c15-12-3-5-14(6-4-12)18-10-13(17)8-11-2-1-7-16-9-11/h1-7,9H,8,10H2. The Morgan fingerprint density at radius 2 is 2.00 bits per heavy atom. The molecule has 0 aliphatic rings. The zero-order valence-electron chi connectivity index (χ0n) is 9.67. The SMILES string of the molecule is O=C(COc1ccc(Cl)cc1)Cc1cccnc1. The second kappa shape index (κ2) is 6.17. The molecule has 0 radical (unpaired) electrons. The molecular formula is C14H12ClNO2. The summed E-state index contributed by atoms with van der Waals surface area (Å²) in [5.41, 5.74) is 0.891. The quantitative estimate of drug-likeness (QED) is 0.831. The lowest BCUT2D eigenvalue weighted by Gasteiger charge is -2.05. The van der Waals surface area contributed by atoms with Gasteiger partial charge in [0, 0.05) is 23.8 Å². The van der Waals surface area contributed by atoms with E-state index in [2.05, 4.69) is 4.98 Å². The van der Waals surface area contributed by atoms with Crippen LogP contribution >= 0.6 is 11.6 Å². The molecule has 0 bridgehead atoms. The molecule has 0 amide bonds. The Morgan fingerprint density at radius 3 is 2.67 bits per heavy atom. The summed E-state index contributed by atoms with van der Waals surface area (Å²) in [5.74, 6) is 0.650. The van der Waals surface area contributed by atoms with Gasteiger partial charge in [0.2, 0.25) is 0 Å². The van der Waals surface area contributed by atoms with Crippen molar-refractivity contribution < 1.29 is 9.53 Å². The van der Waals surface area contributed by atoms with E-state index >= 15 is 0 Å². The third-order valence-corrected chi connectivity index (χ3v) is 2.59. The first-order chi connectivity index (χ1) is 8.74. The summed E-state index contributed by atoms with van der Waals surface area (Å²) in [6.45, 7) is 0.0521. The lowest BCUT2D eigenvalue weighted by molar-refractivity contribution is -0.120. The lowest BCUT2D eigenvalue weighted by atomic mass is 10.1. The first-order valence-corrected chi connectivity index (χ1v) is 5.91. The highest BCUT2D eigenvalue weighted by Crippen LogP contribution is 2.15. The van der Waals surface area contributed by atoms with Gasteiger partial charge >= 0.3 is 0 Å². The van der Waals surface area contributed by atoms with Crippen molar-refractivity contribution in [2.45, 2.75) is 6.42 Å². The zero-order chi connectivity index (χ0) is 12.8. The molecule has 0 saturated carbocycles. The van der Waals surface area contributed by atoms with Crippen molar-refractivity contribution in [1.29, 1.82) is 0 Å². The summed E-state index contributed by atoms with van der Waals surface area (Å²) in [7, 11) is 0. The molecule has 0 aliphatic carbocycles. The van der Waals surface area contributed by atoms with Crippen LogP contribution in [0.3, 0.4) is 0 Å². The second-order valence-corrected chi connectivity index (χ2v) is 4.26. The zero-order valence-corrected chi connectivity index (χ0v) is 10.4. The molecule has 1 aromatic heterocycles. The number of carbonyl (C=O) groups is 1. The van der Waals surface area contributed by atoms with Crippen LogP contribution in [0.4, 0.5) is 0 Å². The number of carbonyl (C=O) groups excluding carboxylic acids is 1. The fourth-order valence-electron chi connectivity index (χ4n) is 1.48. The van der Waals surface area contributed by atoms with E-state index in [1.54, 1.807) is 36.7 Å². The number of benzene rings is 1. The minimum Gasteiger partial charge on any atom is -0.486 e. The largest absolute Gasteiger partial charge is 0.486 e. The number of rotatable bonds is 5. The second-order valence-electron chi connectivity index (χ2n) is 3.82. The number of ether oxygens (including phenoxy) is 1. The lowest BCUT2D eigenvalue weighted by Crippen LogP contribution is -2.13. The van der Waals surface area contributed by atoms with E-state index in [9.17, 15) is 4.79 Å². The van der Waals surface area contributed by atoms with Gasteiger partial charge in [0.15, 0.2) is 5.78 Å². The molecule has 0 atom stereocenters. The van der Waals surface area contributed by atoms with Crippen LogP contribution in [0.15, 0.2) is 48.8 Å². The molecule has 0 fully saturated rings. The van der Waals surface area contributed by atoms with Gasteiger partial charge in [0.05, 0.1) is 0 Å². The summed E-state index contributed by atoms with van der Waals surface area (Å²) in [6.07, 6.45) is 3.69. The molecule has 0 saturated heterocycles. The average molecular weight is 262 g/mol. The predicted molar refractivity (Wildman–Crippen MR) is 69.9 cm³/mol. The number of pyridine rings is 1. The average Bonchev–Trinajstić information content (AvgIpc) is 2.39. The highest BCUT2D eigenvalue weighted by Gasteiger charge is 2.05. The third kappa shape index (κ3) is 3.86. The van der Waals surface area contributed by atoms with E-state index in [0.717, 1.165) is 5.56 Å². The normalized spacial score (nSPS) is 10.1. The van der Waals surface area contributed by atoms with E-state index in [-0.39, 0.29) is 12.4 Å². The molecule has 2 rings (SSSR count). The molecule has 1 aromatic carbocycles. The van der Waals surface area contributed by atoms with E-state index in [4.69, 9.17) is 16.3 Å². The van der Waals surface area contributed by atoms with Crippen molar-refractivity contribution in [1.82, 2.24) is 4.98 Å². The van der Waals surface area contributed by atoms with Gasteiger partial charge in [0.25, 0.3) is 0 Å². The van der Waals surface area contributed by atoms with Crippen molar-refractivity contribution in [2.24, 2.45) is 0 Å². The van der Waals surface area contributed by atoms with Gasteiger partial charge in [-0.2, -0.15) is 0 Å². The summed E-state index contributed by atoms with van der Waals surface area (Å²) < 4.78 is 5.37. The fourth-order valence-corrected chi connectivity index (χ4v) is 1.60. The smallest absolute Gasteiger partial charge is 0.174 e. The summed E-state index contributed by atoms with van der Waals surface area (Å²) in [4.78, 5) is 15.6. The number of hydrogen-bond donors (Lipinski definition) is 0. The Labute approximate surface area is 110 Å². The number of aromatic nitrogens is 1. The Balaban J connectivity index is 1.83. The fraction of sp³-hybridized carbons (Fsp3) is 0.143. The maximum Gasteiger partial charge on any atom is 0.174 e. The molecule has 2 aromatic rings. The van der Waals surface area contributed by atoms with Crippen LogP contribution < -0.4 is 4.74 Å². The number of nitrogens with zero attached hydrogens (tertiary/aromatic N) is 1. The summed E-state index contributed by atoms with van der Waals surface area (Å²) in [5, 5.41) is 0.643. The van der Waals surface area contributed by atoms with Gasteiger partial charge < -0.3 is 4.74 Å². The minimum absolute atomic E-state index is 0.0120. The molecule has 0 aliphatic heterocycles. The van der Waals surface area contributed by atoms with Crippen LogP contribution in [0.2, 0.25) is 5.02 Å². The van der Waals surface area contributed by atoms with Gasteiger partial charge in [-0.05, 0) is 35.9 Å². The molecule has 3 nitrogen and oxygen atoms in total.